The lowest BCUT2D eigenvalue weighted by Gasteiger charge is -2.35. The van der Waals surface area contributed by atoms with Crippen LogP contribution in [0.4, 0.5) is 0 Å². The van der Waals surface area contributed by atoms with E-state index in [0.29, 0.717) is 17.1 Å². The average molecular weight is 310 g/mol. The lowest BCUT2D eigenvalue weighted by Crippen LogP contribution is -2.38. The molecule has 5 nitrogen and oxygen atoms in total. The average Bonchev–Trinajstić information content (AvgIpc) is 3.09. The fourth-order valence-electron chi connectivity index (χ4n) is 3.25. The first-order chi connectivity index (χ1) is 11.3. The zero-order chi connectivity index (χ0) is 15.6. The van der Waals surface area contributed by atoms with Crippen molar-refractivity contribution in [2.24, 2.45) is 0 Å². The van der Waals surface area contributed by atoms with Gasteiger partial charge in [-0.3, -0.25) is 9.78 Å². The SMILES string of the molecule is O=C(c1ccc2c(c1)OCO2)N1CCCC[C@@H]1c1ccccn1. The predicted molar refractivity (Wildman–Crippen MR) is 84.4 cm³/mol. The van der Waals surface area contributed by atoms with Gasteiger partial charge in [0.05, 0.1) is 11.7 Å². The van der Waals surface area contributed by atoms with Gasteiger partial charge in [-0.25, -0.2) is 0 Å². The fourth-order valence-corrected chi connectivity index (χ4v) is 3.25. The molecule has 2 aliphatic rings. The van der Waals surface area contributed by atoms with Crippen molar-refractivity contribution in [1.29, 1.82) is 0 Å². The Morgan fingerprint density at radius 3 is 2.91 bits per heavy atom. The Labute approximate surface area is 134 Å². The molecule has 0 bridgehead atoms. The summed E-state index contributed by atoms with van der Waals surface area (Å²) in [6.07, 6.45) is 4.88. The molecule has 0 radical (unpaired) electrons. The van der Waals surface area contributed by atoms with E-state index in [1.165, 1.54) is 0 Å². The number of likely N-dealkylation sites (tertiary alicyclic amines) is 1. The molecular weight excluding hydrogens is 292 g/mol. The van der Waals surface area contributed by atoms with E-state index in [1.54, 1.807) is 24.4 Å². The number of carbonyl (C=O) groups excluding carboxylic acids is 1. The van der Waals surface area contributed by atoms with Gasteiger partial charge in [-0.2, -0.15) is 0 Å². The number of amides is 1. The number of rotatable bonds is 2. The maximum atomic E-state index is 13.0. The fraction of sp³-hybridized carbons (Fsp3) is 0.333. The molecule has 0 aliphatic carbocycles. The largest absolute Gasteiger partial charge is 0.454 e. The van der Waals surface area contributed by atoms with Crippen molar-refractivity contribution in [3.8, 4) is 11.5 Å². The van der Waals surface area contributed by atoms with Gasteiger partial charge in [0.15, 0.2) is 11.5 Å². The van der Waals surface area contributed by atoms with E-state index in [1.807, 2.05) is 23.1 Å². The van der Waals surface area contributed by atoms with Crippen molar-refractivity contribution in [2.45, 2.75) is 25.3 Å². The summed E-state index contributed by atoms with van der Waals surface area (Å²) in [4.78, 5) is 19.4. The molecule has 118 valence electrons. The number of piperidine rings is 1. The number of pyridine rings is 1. The molecule has 4 rings (SSSR count). The second-order valence-electron chi connectivity index (χ2n) is 5.83. The van der Waals surface area contributed by atoms with Crippen LogP contribution in [0.5, 0.6) is 11.5 Å². The maximum absolute atomic E-state index is 13.0. The van der Waals surface area contributed by atoms with Crippen molar-refractivity contribution in [3.63, 3.8) is 0 Å². The highest BCUT2D eigenvalue weighted by molar-refractivity contribution is 5.95. The van der Waals surface area contributed by atoms with Crippen LogP contribution in [-0.2, 0) is 0 Å². The van der Waals surface area contributed by atoms with Gasteiger partial charge in [0.2, 0.25) is 6.79 Å². The quantitative estimate of drug-likeness (QED) is 0.855. The second-order valence-corrected chi connectivity index (χ2v) is 5.83. The van der Waals surface area contributed by atoms with E-state index in [9.17, 15) is 4.79 Å². The van der Waals surface area contributed by atoms with Crippen LogP contribution in [0, 0.1) is 0 Å². The zero-order valence-corrected chi connectivity index (χ0v) is 12.8. The van der Waals surface area contributed by atoms with Crippen molar-refractivity contribution in [1.82, 2.24) is 9.88 Å². The normalized spacial score (nSPS) is 19.7. The minimum atomic E-state index is 0.0265. The lowest BCUT2D eigenvalue weighted by molar-refractivity contribution is 0.0605. The number of fused-ring (bicyclic) bond motifs is 1. The van der Waals surface area contributed by atoms with E-state index in [-0.39, 0.29) is 18.7 Å². The van der Waals surface area contributed by atoms with Crippen molar-refractivity contribution >= 4 is 5.91 Å². The van der Waals surface area contributed by atoms with Crippen LogP contribution >= 0.6 is 0 Å². The zero-order valence-electron chi connectivity index (χ0n) is 12.8. The van der Waals surface area contributed by atoms with Crippen LogP contribution in [0.3, 0.4) is 0 Å². The molecule has 1 aromatic carbocycles. The van der Waals surface area contributed by atoms with Gasteiger partial charge in [0.25, 0.3) is 5.91 Å². The van der Waals surface area contributed by atoms with Crippen LogP contribution < -0.4 is 9.47 Å². The number of ether oxygens (including phenoxy) is 2. The molecule has 3 heterocycles. The summed E-state index contributed by atoms with van der Waals surface area (Å²) in [5.74, 6) is 1.36. The molecule has 1 fully saturated rings. The Morgan fingerprint density at radius 2 is 2.04 bits per heavy atom. The molecule has 1 saturated heterocycles. The second kappa shape index (κ2) is 5.91. The van der Waals surface area contributed by atoms with Crippen LogP contribution in [0.25, 0.3) is 0 Å². The third kappa shape index (κ3) is 2.63. The molecule has 1 amide bonds. The molecule has 2 aromatic rings. The van der Waals surface area contributed by atoms with Gasteiger partial charge in [-0.05, 0) is 49.6 Å². The van der Waals surface area contributed by atoms with E-state index < -0.39 is 0 Å². The first-order valence-corrected chi connectivity index (χ1v) is 7.94. The minimum Gasteiger partial charge on any atom is -0.454 e. The number of nitrogens with zero attached hydrogens (tertiary/aromatic N) is 2. The van der Waals surface area contributed by atoms with Crippen LogP contribution in [-0.4, -0.2) is 29.1 Å². The molecule has 23 heavy (non-hydrogen) atoms. The molecule has 0 saturated carbocycles. The smallest absolute Gasteiger partial charge is 0.254 e. The Balaban J connectivity index is 1.63. The number of aromatic nitrogens is 1. The summed E-state index contributed by atoms with van der Waals surface area (Å²) < 4.78 is 10.7. The molecule has 5 heteroatoms. The summed E-state index contributed by atoms with van der Waals surface area (Å²) in [6.45, 7) is 0.974. The van der Waals surface area contributed by atoms with E-state index >= 15 is 0 Å². The first-order valence-electron chi connectivity index (χ1n) is 7.94. The van der Waals surface area contributed by atoms with Gasteiger partial charge < -0.3 is 14.4 Å². The highest BCUT2D eigenvalue weighted by Crippen LogP contribution is 2.35. The Kier molecular flexibility index (Phi) is 3.61. The first kappa shape index (κ1) is 14.1. The van der Waals surface area contributed by atoms with Crippen LogP contribution in [0.15, 0.2) is 42.6 Å². The lowest BCUT2D eigenvalue weighted by atomic mass is 9.97. The number of hydrogen-bond donors (Lipinski definition) is 0. The molecule has 0 N–H and O–H groups in total. The summed E-state index contributed by atoms with van der Waals surface area (Å²) in [6, 6.07) is 11.3. The van der Waals surface area contributed by atoms with Crippen LogP contribution in [0.1, 0.15) is 41.4 Å². The van der Waals surface area contributed by atoms with Gasteiger partial charge in [0.1, 0.15) is 0 Å². The Bertz CT molecular complexity index is 717. The number of hydrogen-bond acceptors (Lipinski definition) is 4. The van der Waals surface area contributed by atoms with Gasteiger partial charge >= 0.3 is 0 Å². The molecule has 1 atom stereocenters. The highest BCUT2D eigenvalue weighted by atomic mass is 16.7. The standard InChI is InChI=1S/C18H18N2O3/c21-18(13-7-8-16-17(11-13)23-12-22-16)20-10-4-2-6-15(20)14-5-1-3-9-19-14/h1,3,5,7-9,11,15H,2,4,6,10,12H2/t15-/m1/s1. The maximum Gasteiger partial charge on any atom is 0.254 e. The monoisotopic (exact) mass is 310 g/mol. The Morgan fingerprint density at radius 1 is 1.13 bits per heavy atom. The summed E-state index contributed by atoms with van der Waals surface area (Å²) in [5.41, 5.74) is 1.60. The predicted octanol–water partition coefficient (Wildman–Crippen LogP) is 3.18. The molecule has 1 aromatic heterocycles. The van der Waals surface area contributed by atoms with E-state index in [0.717, 1.165) is 31.5 Å². The van der Waals surface area contributed by atoms with Crippen molar-refractivity contribution < 1.29 is 14.3 Å². The van der Waals surface area contributed by atoms with Crippen molar-refractivity contribution in [3.05, 3.63) is 53.9 Å². The highest BCUT2D eigenvalue weighted by Gasteiger charge is 2.30. The topological polar surface area (TPSA) is 51.7 Å². The summed E-state index contributed by atoms with van der Waals surface area (Å²) in [5, 5.41) is 0. The van der Waals surface area contributed by atoms with E-state index in [2.05, 4.69) is 4.98 Å². The number of benzene rings is 1. The summed E-state index contributed by atoms with van der Waals surface area (Å²) >= 11 is 0. The molecule has 0 spiro atoms. The summed E-state index contributed by atoms with van der Waals surface area (Å²) in [7, 11) is 0. The minimum absolute atomic E-state index is 0.0265. The van der Waals surface area contributed by atoms with E-state index in [4.69, 9.17) is 9.47 Å². The molecular formula is C18H18N2O3. The van der Waals surface area contributed by atoms with Gasteiger partial charge in [-0.1, -0.05) is 6.07 Å². The van der Waals surface area contributed by atoms with Crippen molar-refractivity contribution in [2.75, 3.05) is 13.3 Å². The third-order valence-corrected chi connectivity index (χ3v) is 4.41. The third-order valence-electron chi connectivity index (χ3n) is 4.41. The molecule has 2 aliphatic heterocycles. The Hall–Kier alpha value is -2.56. The van der Waals surface area contributed by atoms with Crippen LogP contribution in [0.2, 0.25) is 0 Å². The molecule has 0 unspecified atom stereocenters. The van der Waals surface area contributed by atoms with Gasteiger partial charge in [-0.15, -0.1) is 0 Å². The van der Waals surface area contributed by atoms with Gasteiger partial charge in [0, 0.05) is 18.3 Å². The number of carbonyl (C=O) groups is 1.